The lowest BCUT2D eigenvalue weighted by atomic mass is 9.89. The molecule has 1 aliphatic heterocycles. The smallest absolute Gasteiger partial charge is 0.168 e. The van der Waals surface area contributed by atoms with Gasteiger partial charge in [0.25, 0.3) is 0 Å². The average Bonchev–Trinajstić information content (AvgIpc) is 2.96. The fourth-order valence-electron chi connectivity index (χ4n) is 3.75. The van der Waals surface area contributed by atoms with Crippen molar-refractivity contribution in [2.75, 3.05) is 13.2 Å². The SMILES string of the molecule is Cc1cccc(CCC(C)NC2CCC3(CC2)OCCO3)c1. The Morgan fingerprint density at radius 2 is 1.95 bits per heavy atom. The Hall–Kier alpha value is -0.900. The van der Waals surface area contributed by atoms with Crippen LogP contribution in [0.4, 0.5) is 0 Å². The summed E-state index contributed by atoms with van der Waals surface area (Å²) in [5, 5.41) is 3.80. The molecule has 1 spiro atoms. The topological polar surface area (TPSA) is 30.5 Å². The zero-order chi connectivity index (χ0) is 15.4. The van der Waals surface area contributed by atoms with Crippen LogP contribution >= 0.6 is 0 Å². The van der Waals surface area contributed by atoms with E-state index < -0.39 is 0 Å². The van der Waals surface area contributed by atoms with Gasteiger partial charge in [0.1, 0.15) is 0 Å². The highest BCUT2D eigenvalue weighted by atomic mass is 16.7. The van der Waals surface area contributed by atoms with E-state index in [9.17, 15) is 0 Å². The van der Waals surface area contributed by atoms with Crippen LogP contribution in [0.3, 0.4) is 0 Å². The normalized spacial score (nSPS) is 23.0. The molecule has 1 saturated heterocycles. The molecule has 122 valence electrons. The van der Waals surface area contributed by atoms with Crippen LogP contribution in [-0.2, 0) is 15.9 Å². The molecular formula is C19H29NO2. The summed E-state index contributed by atoms with van der Waals surface area (Å²) >= 11 is 0. The van der Waals surface area contributed by atoms with E-state index in [2.05, 4.69) is 43.4 Å². The van der Waals surface area contributed by atoms with Crippen LogP contribution in [0.2, 0.25) is 0 Å². The lowest BCUT2D eigenvalue weighted by molar-refractivity contribution is -0.179. The van der Waals surface area contributed by atoms with Gasteiger partial charge in [0.05, 0.1) is 13.2 Å². The molecule has 1 atom stereocenters. The quantitative estimate of drug-likeness (QED) is 0.901. The minimum atomic E-state index is -0.233. The predicted molar refractivity (Wildman–Crippen MR) is 89.0 cm³/mol. The number of hydrogen-bond acceptors (Lipinski definition) is 3. The van der Waals surface area contributed by atoms with Gasteiger partial charge < -0.3 is 14.8 Å². The van der Waals surface area contributed by atoms with E-state index >= 15 is 0 Å². The van der Waals surface area contributed by atoms with Crippen LogP contribution in [0.1, 0.15) is 50.2 Å². The number of aryl methyl sites for hydroxylation is 2. The molecule has 1 aliphatic carbocycles. The minimum absolute atomic E-state index is 0.233. The van der Waals surface area contributed by atoms with E-state index in [4.69, 9.17) is 9.47 Å². The maximum atomic E-state index is 5.80. The third kappa shape index (κ3) is 4.09. The molecule has 1 unspecified atom stereocenters. The number of hydrogen-bond donors (Lipinski definition) is 1. The second-order valence-corrected chi connectivity index (χ2v) is 6.98. The van der Waals surface area contributed by atoms with E-state index in [-0.39, 0.29) is 5.79 Å². The Bertz CT molecular complexity index is 472. The Labute approximate surface area is 134 Å². The molecule has 22 heavy (non-hydrogen) atoms. The Kier molecular flexibility index (Phi) is 5.17. The van der Waals surface area contributed by atoms with Gasteiger partial charge in [-0.1, -0.05) is 29.8 Å². The zero-order valence-electron chi connectivity index (χ0n) is 13.9. The fraction of sp³-hybridized carbons (Fsp3) is 0.684. The van der Waals surface area contributed by atoms with Crippen LogP contribution in [0.15, 0.2) is 24.3 Å². The van der Waals surface area contributed by atoms with E-state index in [1.54, 1.807) is 0 Å². The van der Waals surface area contributed by atoms with Crippen molar-refractivity contribution in [2.45, 2.75) is 70.2 Å². The van der Waals surface area contributed by atoms with Crippen molar-refractivity contribution in [3.63, 3.8) is 0 Å². The Morgan fingerprint density at radius 3 is 2.64 bits per heavy atom. The van der Waals surface area contributed by atoms with Crippen LogP contribution in [0, 0.1) is 6.92 Å². The van der Waals surface area contributed by atoms with E-state index in [0.717, 1.165) is 45.3 Å². The lowest BCUT2D eigenvalue weighted by Gasteiger charge is -2.36. The summed E-state index contributed by atoms with van der Waals surface area (Å²) in [7, 11) is 0. The number of nitrogens with one attached hydrogen (secondary N) is 1. The van der Waals surface area contributed by atoms with Crippen molar-refractivity contribution in [2.24, 2.45) is 0 Å². The van der Waals surface area contributed by atoms with Crippen LogP contribution in [-0.4, -0.2) is 31.1 Å². The summed E-state index contributed by atoms with van der Waals surface area (Å²) in [6.45, 7) is 6.01. The predicted octanol–water partition coefficient (Wildman–Crippen LogP) is 3.59. The molecule has 0 aromatic heterocycles. The maximum Gasteiger partial charge on any atom is 0.168 e. The van der Waals surface area contributed by atoms with Crippen molar-refractivity contribution >= 4 is 0 Å². The van der Waals surface area contributed by atoms with Gasteiger partial charge in [-0.05, 0) is 45.1 Å². The first-order chi connectivity index (χ1) is 10.7. The molecule has 1 saturated carbocycles. The molecule has 1 aromatic carbocycles. The molecule has 2 aliphatic rings. The van der Waals surface area contributed by atoms with E-state index in [1.807, 2.05) is 0 Å². The van der Waals surface area contributed by atoms with E-state index in [0.29, 0.717) is 12.1 Å². The molecular weight excluding hydrogens is 274 g/mol. The van der Waals surface area contributed by atoms with Gasteiger partial charge in [-0.25, -0.2) is 0 Å². The highest BCUT2D eigenvalue weighted by molar-refractivity contribution is 5.22. The Balaban J connectivity index is 1.40. The zero-order valence-corrected chi connectivity index (χ0v) is 13.9. The van der Waals surface area contributed by atoms with Gasteiger partial charge in [0, 0.05) is 24.9 Å². The highest BCUT2D eigenvalue weighted by Gasteiger charge is 2.40. The van der Waals surface area contributed by atoms with Gasteiger partial charge in [-0.3, -0.25) is 0 Å². The summed E-state index contributed by atoms with van der Waals surface area (Å²) < 4.78 is 11.6. The molecule has 1 aromatic rings. The number of rotatable bonds is 5. The third-order valence-corrected chi connectivity index (χ3v) is 5.03. The van der Waals surface area contributed by atoms with Crippen LogP contribution in [0.5, 0.6) is 0 Å². The fourth-order valence-corrected chi connectivity index (χ4v) is 3.75. The second-order valence-electron chi connectivity index (χ2n) is 6.98. The molecule has 3 nitrogen and oxygen atoms in total. The van der Waals surface area contributed by atoms with Crippen molar-refractivity contribution in [3.8, 4) is 0 Å². The molecule has 1 heterocycles. The molecule has 3 rings (SSSR count). The summed E-state index contributed by atoms with van der Waals surface area (Å²) in [5.41, 5.74) is 2.80. The number of ether oxygens (including phenoxy) is 2. The van der Waals surface area contributed by atoms with Gasteiger partial charge in [-0.15, -0.1) is 0 Å². The first-order valence-electron chi connectivity index (χ1n) is 8.75. The van der Waals surface area contributed by atoms with Crippen molar-refractivity contribution < 1.29 is 9.47 Å². The largest absolute Gasteiger partial charge is 0.348 e. The second kappa shape index (κ2) is 7.12. The van der Waals surface area contributed by atoms with Gasteiger partial charge in [0.15, 0.2) is 5.79 Å². The summed E-state index contributed by atoms with van der Waals surface area (Å²) in [6.07, 6.45) is 6.74. The summed E-state index contributed by atoms with van der Waals surface area (Å²) in [4.78, 5) is 0. The molecule has 0 bridgehead atoms. The molecule has 1 N–H and O–H groups in total. The van der Waals surface area contributed by atoms with Crippen LogP contribution < -0.4 is 5.32 Å². The van der Waals surface area contributed by atoms with E-state index in [1.165, 1.54) is 17.5 Å². The van der Waals surface area contributed by atoms with Crippen molar-refractivity contribution in [1.82, 2.24) is 5.32 Å². The summed E-state index contributed by atoms with van der Waals surface area (Å²) in [5.74, 6) is -0.233. The molecule has 0 amide bonds. The van der Waals surface area contributed by atoms with Gasteiger partial charge in [-0.2, -0.15) is 0 Å². The first kappa shape index (κ1) is 16.0. The Morgan fingerprint density at radius 1 is 1.23 bits per heavy atom. The number of benzene rings is 1. The minimum Gasteiger partial charge on any atom is -0.348 e. The standard InChI is InChI=1S/C19H29NO2/c1-15-4-3-5-17(14-15)7-6-16(2)20-18-8-10-19(11-9-18)21-12-13-22-19/h3-5,14,16,18,20H,6-13H2,1-2H3. The maximum absolute atomic E-state index is 5.80. The third-order valence-electron chi connectivity index (χ3n) is 5.03. The average molecular weight is 303 g/mol. The first-order valence-corrected chi connectivity index (χ1v) is 8.75. The highest BCUT2D eigenvalue weighted by Crippen LogP contribution is 2.35. The van der Waals surface area contributed by atoms with Gasteiger partial charge in [0.2, 0.25) is 0 Å². The monoisotopic (exact) mass is 303 g/mol. The lowest BCUT2D eigenvalue weighted by Crippen LogP contribution is -2.44. The van der Waals surface area contributed by atoms with Gasteiger partial charge >= 0.3 is 0 Å². The molecule has 2 fully saturated rings. The van der Waals surface area contributed by atoms with Crippen molar-refractivity contribution in [3.05, 3.63) is 35.4 Å². The van der Waals surface area contributed by atoms with Crippen molar-refractivity contribution in [1.29, 1.82) is 0 Å². The molecule has 0 radical (unpaired) electrons. The summed E-state index contributed by atoms with van der Waals surface area (Å²) in [6, 6.07) is 10.0. The molecule has 3 heteroatoms. The van der Waals surface area contributed by atoms with Crippen LogP contribution in [0.25, 0.3) is 0 Å².